The minimum atomic E-state index is 0.594. The van der Waals surface area contributed by atoms with Gasteiger partial charge in [0.1, 0.15) is 0 Å². The van der Waals surface area contributed by atoms with E-state index in [1.165, 1.54) is 36.3 Å². The van der Waals surface area contributed by atoms with Crippen LogP contribution in [0.4, 0.5) is 0 Å². The van der Waals surface area contributed by atoms with E-state index in [0.717, 1.165) is 18.1 Å². The zero-order valence-corrected chi connectivity index (χ0v) is 12.3. The van der Waals surface area contributed by atoms with Gasteiger partial charge in [0, 0.05) is 30.1 Å². The van der Waals surface area contributed by atoms with E-state index in [2.05, 4.69) is 39.3 Å². The molecule has 102 valence electrons. The number of aromatic nitrogens is 3. The van der Waals surface area contributed by atoms with E-state index >= 15 is 0 Å². The van der Waals surface area contributed by atoms with E-state index in [0.29, 0.717) is 5.92 Å². The Morgan fingerprint density at radius 2 is 2.37 bits per heavy atom. The first-order valence-corrected chi connectivity index (χ1v) is 7.73. The maximum absolute atomic E-state index is 4.57. The van der Waals surface area contributed by atoms with E-state index in [1.54, 1.807) is 11.3 Å². The first-order chi connectivity index (χ1) is 9.22. The third-order valence-corrected chi connectivity index (χ3v) is 4.66. The lowest BCUT2D eigenvalue weighted by atomic mass is 9.93. The van der Waals surface area contributed by atoms with Crippen LogP contribution in [-0.4, -0.2) is 33.2 Å². The first-order valence-electron chi connectivity index (χ1n) is 6.85. The molecule has 1 unspecified atom stereocenters. The number of hydrogen-bond acceptors (Lipinski definition) is 4. The molecule has 2 aromatic rings. The first kappa shape index (κ1) is 12.8. The van der Waals surface area contributed by atoms with Gasteiger partial charge in [0.05, 0.1) is 16.9 Å². The van der Waals surface area contributed by atoms with Crippen LogP contribution in [0.2, 0.25) is 0 Å². The topological polar surface area (TPSA) is 44.8 Å². The van der Waals surface area contributed by atoms with Gasteiger partial charge < -0.3 is 0 Å². The van der Waals surface area contributed by atoms with E-state index < -0.39 is 0 Å². The number of likely N-dealkylation sites (tertiary alicyclic amines) is 1. The number of nitrogens with one attached hydrogen (secondary N) is 1. The normalized spacial score (nSPS) is 20.8. The number of piperidine rings is 1. The smallest absolute Gasteiger partial charge is 0.0897 e. The molecule has 1 atom stereocenters. The molecule has 1 fully saturated rings. The van der Waals surface area contributed by atoms with Crippen molar-refractivity contribution in [1.29, 1.82) is 0 Å². The van der Waals surface area contributed by atoms with Crippen molar-refractivity contribution in [3.63, 3.8) is 0 Å². The highest BCUT2D eigenvalue weighted by molar-refractivity contribution is 7.09. The number of nitrogens with zero attached hydrogens (tertiary/aromatic N) is 3. The number of rotatable bonds is 3. The van der Waals surface area contributed by atoms with Crippen LogP contribution in [0.3, 0.4) is 0 Å². The van der Waals surface area contributed by atoms with Crippen molar-refractivity contribution in [1.82, 2.24) is 20.1 Å². The molecule has 19 heavy (non-hydrogen) atoms. The summed E-state index contributed by atoms with van der Waals surface area (Å²) in [6.45, 7) is 7.48. The van der Waals surface area contributed by atoms with Gasteiger partial charge in [-0.2, -0.15) is 5.10 Å². The van der Waals surface area contributed by atoms with Gasteiger partial charge in [-0.3, -0.25) is 10.00 Å². The molecule has 1 N–H and O–H groups in total. The van der Waals surface area contributed by atoms with Crippen LogP contribution in [-0.2, 0) is 6.54 Å². The molecule has 3 rings (SSSR count). The van der Waals surface area contributed by atoms with E-state index in [4.69, 9.17) is 0 Å². The average molecular weight is 276 g/mol. The third-order valence-electron chi connectivity index (χ3n) is 3.83. The van der Waals surface area contributed by atoms with Crippen molar-refractivity contribution in [3.05, 3.63) is 33.5 Å². The monoisotopic (exact) mass is 276 g/mol. The summed E-state index contributed by atoms with van der Waals surface area (Å²) in [4.78, 5) is 7.08. The standard InChI is InChI=1S/C14H20N4S/c1-10-6-15-17-14(10)12-4-3-5-18(7-12)8-13-9-19-11(2)16-13/h6,9,12H,3-5,7-8H2,1-2H3,(H,15,17). The van der Waals surface area contributed by atoms with E-state index in [9.17, 15) is 0 Å². The molecule has 4 nitrogen and oxygen atoms in total. The van der Waals surface area contributed by atoms with Crippen LogP contribution in [0, 0.1) is 13.8 Å². The largest absolute Gasteiger partial charge is 0.297 e. The highest BCUT2D eigenvalue weighted by Gasteiger charge is 2.24. The van der Waals surface area contributed by atoms with Crippen LogP contribution in [0.15, 0.2) is 11.6 Å². The summed E-state index contributed by atoms with van der Waals surface area (Å²) in [5.74, 6) is 0.594. The summed E-state index contributed by atoms with van der Waals surface area (Å²) in [5, 5.41) is 10.7. The van der Waals surface area contributed by atoms with Crippen molar-refractivity contribution < 1.29 is 0 Å². The predicted octanol–water partition coefficient (Wildman–Crippen LogP) is 2.86. The molecule has 0 radical (unpaired) electrons. The maximum Gasteiger partial charge on any atom is 0.0897 e. The molecule has 0 spiro atoms. The zero-order valence-electron chi connectivity index (χ0n) is 11.5. The fraction of sp³-hybridized carbons (Fsp3) is 0.571. The van der Waals surface area contributed by atoms with Crippen molar-refractivity contribution >= 4 is 11.3 Å². The van der Waals surface area contributed by atoms with E-state index in [-0.39, 0.29) is 0 Å². The highest BCUT2D eigenvalue weighted by atomic mass is 32.1. The summed E-state index contributed by atoms with van der Waals surface area (Å²) in [7, 11) is 0. The molecule has 0 saturated carbocycles. The molecule has 0 aromatic carbocycles. The second kappa shape index (κ2) is 5.43. The molecule has 0 amide bonds. The molecule has 2 aromatic heterocycles. The predicted molar refractivity (Wildman–Crippen MR) is 77.4 cm³/mol. The molecule has 3 heterocycles. The van der Waals surface area contributed by atoms with Gasteiger partial charge in [-0.25, -0.2) is 4.98 Å². The minimum absolute atomic E-state index is 0.594. The fourth-order valence-corrected chi connectivity index (χ4v) is 3.52. The van der Waals surface area contributed by atoms with Crippen LogP contribution < -0.4 is 0 Å². The van der Waals surface area contributed by atoms with Gasteiger partial charge >= 0.3 is 0 Å². The van der Waals surface area contributed by atoms with Crippen LogP contribution in [0.25, 0.3) is 0 Å². The SMILES string of the molecule is Cc1nc(CN2CCCC(c3[nH]ncc3C)C2)cs1. The highest BCUT2D eigenvalue weighted by Crippen LogP contribution is 2.28. The Kier molecular flexibility index (Phi) is 3.66. The lowest BCUT2D eigenvalue weighted by Gasteiger charge is -2.32. The van der Waals surface area contributed by atoms with Crippen molar-refractivity contribution in [2.45, 2.75) is 39.2 Å². The van der Waals surface area contributed by atoms with Gasteiger partial charge in [-0.05, 0) is 38.8 Å². The zero-order chi connectivity index (χ0) is 13.2. The Labute approximate surface area is 117 Å². The quantitative estimate of drug-likeness (QED) is 0.937. The number of aryl methyl sites for hydroxylation is 2. The molecule has 0 aliphatic carbocycles. The number of thiazole rings is 1. The minimum Gasteiger partial charge on any atom is -0.297 e. The van der Waals surface area contributed by atoms with Crippen LogP contribution in [0.5, 0.6) is 0 Å². The summed E-state index contributed by atoms with van der Waals surface area (Å²) in [6.07, 6.45) is 4.44. The molecule has 1 aliphatic heterocycles. The second-order valence-corrected chi connectivity index (χ2v) is 6.46. The molecular weight excluding hydrogens is 256 g/mol. The number of H-pyrrole nitrogens is 1. The average Bonchev–Trinajstić information content (AvgIpc) is 2.99. The Bertz CT molecular complexity index is 545. The number of hydrogen-bond donors (Lipinski definition) is 1. The Morgan fingerprint density at radius 1 is 1.47 bits per heavy atom. The van der Waals surface area contributed by atoms with Crippen molar-refractivity contribution in [2.75, 3.05) is 13.1 Å². The van der Waals surface area contributed by atoms with Crippen molar-refractivity contribution in [3.8, 4) is 0 Å². The molecule has 1 aliphatic rings. The van der Waals surface area contributed by atoms with Gasteiger partial charge in [0.15, 0.2) is 0 Å². The summed E-state index contributed by atoms with van der Waals surface area (Å²) in [5.41, 5.74) is 3.82. The van der Waals surface area contributed by atoms with Crippen molar-refractivity contribution in [2.24, 2.45) is 0 Å². The van der Waals surface area contributed by atoms with Gasteiger partial charge in [0.2, 0.25) is 0 Å². The summed E-state index contributed by atoms with van der Waals surface area (Å²) < 4.78 is 0. The van der Waals surface area contributed by atoms with Gasteiger partial charge in [-0.1, -0.05) is 0 Å². The lowest BCUT2D eigenvalue weighted by molar-refractivity contribution is 0.196. The molecule has 5 heteroatoms. The Morgan fingerprint density at radius 3 is 3.05 bits per heavy atom. The Hall–Kier alpha value is -1.20. The number of aromatic amines is 1. The maximum atomic E-state index is 4.57. The van der Waals surface area contributed by atoms with Crippen LogP contribution in [0.1, 0.15) is 40.7 Å². The fourth-order valence-electron chi connectivity index (χ4n) is 2.91. The second-order valence-electron chi connectivity index (χ2n) is 5.40. The third kappa shape index (κ3) is 2.87. The lowest BCUT2D eigenvalue weighted by Crippen LogP contribution is -2.34. The summed E-state index contributed by atoms with van der Waals surface area (Å²) in [6, 6.07) is 0. The van der Waals surface area contributed by atoms with E-state index in [1.807, 2.05) is 6.20 Å². The van der Waals surface area contributed by atoms with Gasteiger partial charge in [-0.15, -0.1) is 11.3 Å². The molecular formula is C14H20N4S. The molecule has 1 saturated heterocycles. The van der Waals surface area contributed by atoms with Gasteiger partial charge in [0.25, 0.3) is 0 Å². The van der Waals surface area contributed by atoms with Crippen LogP contribution >= 0.6 is 11.3 Å². The summed E-state index contributed by atoms with van der Waals surface area (Å²) >= 11 is 1.74. The Balaban J connectivity index is 1.66. The molecule has 0 bridgehead atoms.